The fourth-order valence-corrected chi connectivity index (χ4v) is 4.82. The minimum absolute atomic E-state index is 0.0390. The van der Waals surface area contributed by atoms with Gasteiger partial charge in [0.2, 0.25) is 0 Å². The number of nitrogens with zero attached hydrogens (tertiary/aromatic N) is 1. The van der Waals surface area contributed by atoms with Crippen molar-refractivity contribution < 1.29 is 14.6 Å². The molecule has 1 saturated heterocycles. The second-order valence-corrected chi connectivity index (χ2v) is 7.35. The molecule has 0 bridgehead atoms. The van der Waals surface area contributed by atoms with Crippen LogP contribution >= 0.6 is 0 Å². The normalized spacial score (nSPS) is 30.0. The van der Waals surface area contributed by atoms with Crippen molar-refractivity contribution in [3.63, 3.8) is 0 Å². The quantitative estimate of drug-likeness (QED) is 0.846. The van der Waals surface area contributed by atoms with E-state index in [9.17, 15) is 0 Å². The highest BCUT2D eigenvalue weighted by molar-refractivity contribution is 5.82. The maximum absolute atomic E-state index is 9.04. The molecule has 2 fully saturated rings. The van der Waals surface area contributed by atoms with Gasteiger partial charge in [-0.05, 0) is 42.7 Å². The number of fused-ring (bicyclic) bond motifs is 2. The lowest BCUT2D eigenvalue weighted by molar-refractivity contribution is -0.104. The summed E-state index contributed by atoms with van der Waals surface area (Å²) in [6.07, 6.45) is 6.35. The lowest BCUT2D eigenvalue weighted by Gasteiger charge is -2.43. The molecule has 1 aliphatic carbocycles. The molecule has 0 spiro atoms. The molecular formula is C20H28N2O3. The summed E-state index contributed by atoms with van der Waals surface area (Å²) in [5.41, 5.74) is 2.54. The predicted octanol–water partition coefficient (Wildman–Crippen LogP) is 2.69. The molecule has 1 aromatic carbocycles. The zero-order chi connectivity index (χ0) is 17.3. The van der Waals surface area contributed by atoms with E-state index in [-0.39, 0.29) is 18.3 Å². The highest BCUT2D eigenvalue weighted by atomic mass is 16.5. The van der Waals surface area contributed by atoms with Crippen LogP contribution in [0.25, 0.3) is 10.9 Å². The molecule has 5 heteroatoms. The standard InChI is InChI=1S/C20H28N2O3/c1-24-20-7-5-17(25-12-11-23)13-18(20)22(10-8-20)14-16-4-2-3-15-6-9-21-19(15)16/h2-4,6,9,17-18,21,23H,5,7-8,10-14H2,1H3/t17-,18+,20-/m1/s1. The van der Waals surface area contributed by atoms with E-state index in [1.807, 2.05) is 13.3 Å². The minimum Gasteiger partial charge on any atom is -0.394 e. The van der Waals surface area contributed by atoms with E-state index in [0.717, 1.165) is 38.8 Å². The van der Waals surface area contributed by atoms with Gasteiger partial charge < -0.3 is 19.6 Å². The molecule has 1 aliphatic heterocycles. The van der Waals surface area contributed by atoms with Crippen LogP contribution in [0.1, 0.15) is 31.2 Å². The van der Waals surface area contributed by atoms with Crippen molar-refractivity contribution in [2.75, 3.05) is 26.9 Å². The maximum Gasteiger partial charge on any atom is 0.0847 e. The molecule has 0 radical (unpaired) electrons. The number of aromatic amines is 1. The molecule has 2 aromatic rings. The van der Waals surface area contributed by atoms with Gasteiger partial charge in [-0.25, -0.2) is 0 Å². The van der Waals surface area contributed by atoms with Gasteiger partial charge in [-0.3, -0.25) is 4.90 Å². The first-order chi connectivity index (χ1) is 12.3. The first kappa shape index (κ1) is 17.0. The van der Waals surface area contributed by atoms with Crippen LogP contribution in [0.15, 0.2) is 30.5 Å². The fourth-order valence-electron chi connectivity index (χ4n) is 4.82. The van der Waals surface area contributed by atoms with Crippen molar-refractivity contribution in [1.82, 2.24) is 9.88 Å². The fraction of sp³-hybridized carbons (Fsp3) is 0.600. The second-order valence-electron chi connectivity index (χ2n) is 7.35. The van der Waals surface area contributed by atoms with Crippen molar-refractivity contribution >= 4 is 10.9 Å². The second kappa shape index (κ2) is 7.08. The first-order valence-electron chi connectivity index (χ1n) is 9.32. The van der Waals surface area contributed by atoms with E-state index in [2.05, 4.69) is 34.1 Å². The third kappa shape index (κ3) is 3.10. The summed E-state index contributed by atoms with van der Waals surface area (Å²) >= 11 is 0. The van der Waals surface area contributed by atoms with E-state index < -0.39 is 0 Å². The third-order valence-electron chi connectivity index (χ3n) is 6.14. The third-order valence-corrected chi connectivity index (χ3v) is 6.14. The molecule has 4 rings (SSSR count). The van der Waals surface area contributed by atoms with Crippen LogP contribution in [0.5, 0.6) is 0 Å². The Kier molecular flexibility index (Phi) is 4.82. The van der Waals surface area contributed by atoms with Crippen LogP contribution in [-0.2, 0) is 16.0 Å². The number of aromatic nitrogens is 1. The Morgan fingerprint density at radius 3 is 3.08 bits per heavy atom. The van der Waals surface area contributed by atoms with Crippen LogP contribution in [0.2, 0.25) is 0 Å². The molecule has 1 saturated carbocycles. The Balaban J connectivity index is 1.54. The molecule has 0 amide bonds. The number of aliphatic hydroxyl groups excluding tert-OH is 1. The van der Waals surface area contributed by atoms with Crippen molar-refractivity contribution in [2.24, 2.45) is 0 Å². The molecule has 2 aliphatic rings. The number of para-hydroxylation sites is 1. The van der Waals surface area contributed by atoms with Gasteiger partial charge in [-0.1, -0.05) is 18.2 Å². The molecule has 5 nitrogen and oxygen atoms in total. The summed E-state index contributed by atoms with van der Waals surface area (Å²) < 4.78 is 11.9. The number of benzene rings is 1. The van der Waals surface area contributed by atoms with Crippen LogP contribution in [0.4, 0.5) is 0 Å². The number of methoxy groups -OCH3 is 1. The van der Waals surface area contributed by atoms with Crippen LogP contribution in [0.3, 0.4) is 0 Å². The van der Waals surface area contributed by atoms with Crippen LogP contribution in [0, 0.1) is 0 Å². The number of likely N-dealkylation sites (tertiary alicyclic amines) is 1. The molecular weight excluding hydrogens is 316 g/mol. The SMILES string of the molecule is CO[C@@]12CC[C@@H](OCCO)C[C@@H]1N(Cc1cccc3cc[nH]c13)CC2. The number of rotatable bonds is 6. The lowest BCUT2D eigenvalue weighted by atomic mass is 9.79. The number of ether oxygens (including phenoxy) is 2. The molecule has 2 N–H and O–H groups in total. The van der Waals surface area contributed by atoms with E-state index in [0.29, 0.717) is 12.6 Å². The lowest BCUT2D eigenvalue weighted by Crippen LogP contribution is -2.51. The summed E-state index contributed by atoms with van der Waals surface area (Å²) in [4.78, 5) is 5.95. The monoisotopic (exact) mass is 344 g/mol. The summed E-state index contributed by atoms with van der Waals surface area (Å²) in [5.74, 6) is 0. The van der Waals surface area contributed by atoms with E-state index in [1.165, 1.54) is 16.5 Å². The van der Waals surface area contributed by atoms with Crippen molar-refractivity contribution in [3.05, 3.63) is 36.0 Å². The average Bonchev–Trinajstić information content (AvgIpc) is 3.26. The number of H-pyrrole nitrogens is 1. The van der Waals surface area contributed by atoms with Crippen LogP contribution in [-0.4, -0.2) is 59.6 Å². The van der Waals surface area contributed by atoms with E-state index in [1.54, 1.807) is 0 Å². The van der Waals surface area contributed by atoms with Crippen LogP contribution < -0.4 is 0 Å². The minimum atomic E-state index is -0.0390. The summed E-state index contributed by atoms with van der Waals surface area (Å²) in [7, 11) is 1.86. The highest BCUT2D eigenvalue weighted by Crippen LogP contribution is 2.43. The van der Waals surface area contributed by atoms with Crippen molar-refractivity contribution in [3.8, 4) is 0 Å². The Morgan fingerprint density at radius 1 is 1.32 bits per heavy atom. The molecule has 25 heavy (non-hydrogen) atoms. The predicted molar refractivity (Wildman–Crippen MR) is 97.5 cm³/mol. The largest absolute Gasteiger partial charge is 0.394 e. The zero-order valence-corrected chi connectivity index (χ0v) is 14.9. The number of nitrogens with one attached hydrogen (secondary N) is 1. The molecule has 1 aromatic heterocycles. The Bertz CT molecular complexity index is 716. The van der Waals surface area contributed by atoms with Crippen molar-refractivity contribution in [1.29, 1.82) is 0 Å². The molecule has 3 atom stereocenters. The smallest absolute Gasteiger partial charge is 0.0847 e. The molecule has 136 valence electrons. The van der Waals surface area contributed by atoms with Gasteiger partial charge in [0.15, 0.2) is 0 Å². The van der Waals surface area contributed by atoms with E-state index >= 15 is 0 Å². The molecule has 2 heterocycles. The van der Waals surface area contributed by atoms with E-state index in [4.69, 9.17) is 14.6 Å². The summed E-state index contributed by atoms with van der Waals surface area (Å²) in [5, 5.41) is 10.3. The number of aliphatic hydroxyl groups is 1. The Morgan fingerprint density at radius 2 is 2.24 bits per heavy atom. The Labute approximate surface area is 148 Å². The summed E-state index contributed by atoms with van der Waals surface area (Å²) in [6.45, 7) is 2.51. The first-order valence-corrected chi connectivity index (χ1v) is 9.32. The number of hydrogen-bond donors (Lipinski definition) is 2. The maximum atomic E-state index is 9.04. The topological polar surface area (TPSA) is 57.7 Å². The van der Waals surface area contributed by atoms with Gasteiger partial charge >= 0.3 is 0 Å². The average molecular weight is 344 g/mol. The molecule has 0 unspecified atom stereocenters. The highest BCUT2D eigenvalue weighted by Gasteiger charge is 2.51. The van der Waals surface area contributed by atoms with Gasteiger partial charge in [0.25, 0.3) is 0 Å². The zero-order valence-electron chi connectivity index (χ0n) is 14.9. The van der Waals surface area contributed by atoms with Gasteiger partial charge in [0.05, 0.1) is 24.9 Å². The van der Waals surface area contributed by atoms with Gasteiger partial charge in [-0.15, -0.1) is 0 Å². The van der Waals surface area contributed by atoms with Crippen molar-refractivity contribution in [2.45, 2.75) is 50.0 Å². The number of hydrogen-bond acceptors (Lipinski definition) is 4. The Hall–Kier alpha value is -1.40. The van der Waals surface area contributed by atoms with Gasteiger partial charge in [0.1, 0.15) is 0 Å². The summed E-state index contributed by atoms with van der Waals surface area (Å²) in [6, 6.07) is 9.01. The van der Waals surface area contributed by atoms with Gasteiger partial charge in [-0.2, -0.15) is 0 Å². The van der Waals surface area contributed by atoms with Gasteiger partial charge in [0, 0.05) is 38.0 Å².